The molecule has 3 heterocycles. The highest BCUT2D eigenvalue weighted by molar-refractivity contribution is 7.13. The number of aromatic nitrogens is 2. The van der Waals surface area contributed by atoms with Crippen molar-refractivity contribution in [2.75, 3.05) is 31.6 Å². The molecule has 0 aliphatic carbocycles. The second kappa shape index (κ2) is 7.44. The van der Waals surface area contributed by atoms with E-state index in [2.05, 4.69) is 28.1 Å². The number of nitrogens with one attached hydrogen (secondary N) is 1. The number of aromatic amines is 1. The van der Waals surface area contributed by atoms with Gasteiger partial charge in [0.05, 0.1) is 35.1 Å². The van der Waals surface area contributed by atoms with E-state index in [0.29, 0.717) is 12.1 Å². The average Bonchev–Trinajstić information content (AvgIpc) is 3.38. The summed E-state index contributed by atoms with van der Waals surface area (Å²) < 4.78 is 5.49. The maximum Gasteiger partial charge on any atom is 0.258 e. The second-order valence-corrected chi connectivity index (χ2v) is 7.55. The van der Waals surface area contributed by atoms with Gasteiger partial charge in [-0.25, -0.2) is 0 Å². The largest absolute Gasteiger partial charge is 0.495 e. The molecule has 27 heavy (non-hydrogen) atoms. The Kier molecular flexibility index (Phi) is 4.85. The van der Waals surface area contributed by atoms with Crippen LogP contribution >= 0.6 is 11.3 Å². The van der Waals surface area contributed by atoms with Gasteiger partial charge in [-0.15, -0.1) is 11.3 Å². The number of nitrogens with zero attached hydrogens (tertiary/aromatic N) is 3. The zero-order valence-corrected chi connectivity index (χ0v) is 16.2. The number of hydrogen-bond acceptors (Lipinski definition) is 5. The van der Waals surface area contributed by atoms with E-state index >= 15 is 0 Å². The highest BCUT2D eigenvalue weighted by Crippen LogP contribution is 2.31. The van der Waals surface area contributed by atoms with Crippen molar-refractivity contribution in [3.8, 4) is 16.3 Å². The number of carbonyl (C=O) groups excluding carboxylic acids is 1. The molecular formula is C20H22N4O2S. The average molecular weight is 382 g/mol. The molecule has 1 aromatic carbocycles. The molecule has 1 N–H and O–H groups in total. The van der Waals surface area contributed by atoms with E-state index in [-0.39, 0.29) is 11.9 Å². The summed E-state index contributed by atoms with van der Waals surface area (Å²) >= 11 is 1.60. The monoisotopic (exact) mass is 382 g/mol. The number of hydrogen-bond donors (Lipinski definition) is 1. The van der Waals surface area contributed by atoms with Crippen molar-refractivity contribution in [1.82, 2.24) is 15.1 Å². The van der Waals surface area contributed by atoms with Gasteiger partial charge in [-0.1, -0.05) is 18.2 Å². The van der Waals surface area contributed by atoms with Crippen LogP contribution in [-0.2, 0) is 0 Å². The van der Waals surface area contributed by atoms with Crippen LogP contribution in [-0.4, -0.2) is 53.8 Å². The van der Waals surface area contributed by atoms with Crippen LogP contribution in [0.5, 0.6) is 5.75 Å². The summed E-state index contributed by atoms with van der Waals surface area (Å²) in [4.78, 5) is 18.4. The lowest BCUT2D eigenvalue weighted by molar-refractivity contribution is 0.0675. The highest BCUT2D eigenvalue weighted by atomic mass is 32.1. The zero-order valence-electron chi connectivity index (χ0n) is 15.4. The number of para-hydroxylation sites is 2. The van der Waals surface area contributed by atoms with Gasteiger partial charge in [0.1, 0.15) is 5.75 Å². The van der Waals surface area contributed by atoms with Crippen LogP contribution in [0.25, 0.3) is 10.6 Å². The zero-order chi connectivity index (χ0) is 18.8. The molecule has 0 saturated carbocycles. The number of thiophene rings is 1. The van der Waals surface area contributed by atoms with E-state index in [9.17, 15) is 4.79 Å². The molecule has 6 nitrogen and oxygen atoms in total. The summed E-state index contributed by atoms with van der Waals surface area (Å²) in [5.41, 5.74) is 2.51. The summed E-state index contributed by atoms with van der Waals surface area (Å²) in [6.45, 7) is 4.28. The molecule has 0 bridgehead atoms. The van der Waals surface area contributed by atoms with Gasteiger partial charge in [0.15, 0.2) is 0 Å². The molecule has 0 radical (unpaired) electrons. The summed E-state index contributed by atoms with van der Waals surface area (Å²) in [5, 5.41) is 9.09. The number of methoxy groups -OCH3 is 1. The first kappa shape index (κ1) is 17.6. The van der Waals surface area contributed by atoms with Gasteiger partial charge in [-0.3, -0.25) is 9.89 Å². The van der Waals surface area contributed by atoms with E-state index in [0.717, 1.165) is 35.1 Å². The van der Waals surface area contributed by atoms with E-state index in [1.807, 2.05) is 40.6 Å². The minimum absolute atomic E-state index is 0.0272. The van der Waals surface area contributed by atoms with E-state index in [4.69, 9.17) is 4.74 Å². The lowest BCUT2D eigenvalue weighted by Crippen LogP contribution is -2.54. The molecule has 1 saturated heterocycles. The second-order valence-electron chi connectivity index (χ2n) is 6.60. The molecule has 1 aliphatic heterocycles. The normalized spacial score (nSPS) is 17.2. The molecule has 1 fully saturated rings. The fourth-order valence-electron chi connectivity index (χ4n) is 3.58. The maximum absolute atomic E-state index is 13.2. The van der Waals surface area contributed by atoms with Gasteiger partial charge in [0.25, 0.3) is 5.91 Å². The fraction of sp³-hybridized carbons (Fsp3) is 0.300. The highest BCUT2D eigenvalue weighted by Gasteiger charge is 2.31. The molecular weight excluding hydrogens is 360 g/mol. The Hall–Kier alpha value is -2.80. The van der Waals surface area contributed by atoms with Crippen LogP contribution in [0, 0.1) is 0 Å². The van der Waals surface area contributed by atoms with Crippen LogP contribution in [0.15, 0.2) is 48.0 Å². The summed E-state index contributed by atoms with van der Waals surface area (Å²) in [6, 6.07) is 12.1. The molecule has 140 valence electrons. The van der Waals surface area contributed by atoms with Crippen LogP contribution in [0.1, 0.15) is 17.3 Å². The number of rotatable bonds is 4. The van der Waals surface area contributed by atoms with Crippen LogP contribution in [0.4, 0.5) is 5.69 Å². The number of ether oxygens (including phenoxy) is 1. The SMILES string of the molecule is COc1ccccc1N1CCN(C(=O)c2cn[nH]c2-c2cccs2)[C@@H](C)C1. The van der Waals surface area contributed by atoms with Gasteiger partial charge in [-0.05, 0) is 30.5 Å². The molecule has 1 amide bonds. The van der Waals surface area contributed by atoms with Crippen molar-refractivity contribution < 1.29 is 9.53 Å². The third kappa shape index (κ3) is 3.30. The van der Waals surface area contributed by atoms with Crippen LogP contribution < -0.4 is 9.64 Å². The molecule has 3 aromatic rings. The van der Waals surface area contributed by atoms with Gasteiger partial charge < -0.3 is 14.5 Å². The lowest BCUT2D eigenvalue weighted by Gasteiger charge is -2.41. The molecule has 4 rings (SSSR count). The first-order valence-corrected chi connectivity index (χ1v) is 9.83. The Morgan fingerprint density at radius 2 is 2.11 bits per heavy atom. The Bertz CT molecular complexity index is 922. The fourth-order valence-corrected chi connectivity index (χ4v) is 4.32. The lowest BCUT2D eigenvalue weighted by atomic mass is 10.1. The Balaban J connectivity index is 1.53. The van der Waals surface area contributed by atoms with Crippen molar-refractivity contribution in [3.05, 3.63) is 53.5 Å². The third-order valence-electron chi connectivity index (χ3n) is 4.95. The summed E-state index contributed by atoms with van der Waals surface area (Å²) in [7, 11) is 1.69. The Morgan fingerprint density at radius 3 is 2.85 bits per heavy atom. The number of benzene rings is 1. The van der Waals surface area contributed by atoms with Gasteiger partial charge in [0.2, 0.25) is 0 Å². The standard InChI is InChI=1S/C20H22N4O2S/c1-14-13-23(16-6-3-4-7-17(16)26-2)9-10-24(14)20(25)15-12-21-22-19(15)18-8-5-11-27-18/h3-8,11-12,14H,9-10,13H2,1-2H3,(H,21,22)/t14-/m0/s1. The van der Waals surface area contributed by atoms with E-state index in [1.165, 1.54) is 0 Å². The number of piperazine rings is 1. The van der Waals surface area contributed by atoms with Crippen LogP contribution in [0.2, 0.25) is 0 Å². The molecule has 0 unspecified atom stereocenters. The van der Waals surface area contributed by atoms with Crippen molar-refractivity contribution >= 4 is 22.9 Å². The quantitative estimate of drug-likeness (QED) is 0.750. The number of amides is 1. The number of H-pyrrole nitrogens is 1. The maximum atomic E-state index is 13.2. The summed E-state index contributed by atoms with van der Waals surface area (Å²) in [5.74, 6) is 0.888. The molecule has 1 atom stereocenters. The predicted molar refractivity (Wildman–Crippen MR) is 108 cm³/mol. The molecule has 7 heteroatoms. The van der Waals surface area contributed by atoms with Crippen molar-refractivity contribution in [2.24, 2.45) is 0 Å². The van der Waals surface area contributed by atoms with E-state index in [1.54, 1.807) is 24.6 Å². The van der Waals surface area contributed by atoms with Crippen molar-refractivity contribution in [2.45, 2.75) is 13.0 Å². The van der Waals surface area contributed by atoms with Crippen molar-refractivity contribution in [1.29, 1.82) is 0 Å². The van der Waals surface area contributed by atoms with Gasteiger partial charge in [-0.2, -0.15) is 5.10 Å². The van der Waals surface area contributed by atoms with Crippen molar-refractivity contribution in [3.63, 3.8) is 0 Å². The molecule has 2 aromatic heterocycles. The van der Waals surface area contributed by atoms with E-state index < -0.39 is 0 Å². The smallest absolute Gasteiger partial charge is 0.258 e. The Morgan fingerprint density at radius 1 is 1.26 bits per heavy atom. The first-order chi connectivity index (χ1) is 13.2. The Labute approximate surface area is 162 Å². The molecule has 0 spiro atoms. The minimum Gasteiger partial charge on any atom is -0.495 e. The minimum atomic E-state index is 0.0272. The number of anilines is 1. The topological polar surface area (TPSA) is 61.5 Å². The number of carbonyl (C=O) groups is 1. The third-order valence-corrected chi connectivity index (χ3v) is 5.84. The van der Waals surface area contributed by atoms with Gasteiger partial charge in [0, 0.05) is 25.7 Å². The van der Waals surface area contributed by atoms with Crippen LogP contribution in [0.3, 0.4) is 0 Å². The van der Waals surface area contributed by atoms with Gasteiger partial charge >= 0.3 is 0 Å². The predicted octanol–water partition coefficient (Wildman–Crippen LogP) is 3.50. The first-order valence-electron chi connectivity index (χ1n) is 8.95. The summed E-state index contributed by atoms with van der Waals surface area (Å²) in [6.07, 6.45) is 1.64. The molecule has 1 aliphatic rings.